The highest BCUT2D eigenvalue weighted by Crippen LogP contribution is 2.33. The van der Waals surface area contributed by atoms with E-state index in [4.69, 9.17) is 0 Å². The third-order valence-corrected chi connectivity index (χ3v) is 10.2. The molecule has 7 rings (SSSR count). The zero-order valence-electron chi connectivity index (χ0n) is 30.6. The van der Waals surface area contributed by atoms with Gasteiger partial charge in [-0.1, -0.05) is 54.6 Å². The summed E-state index contributed by atoms with van der Waals surface area (Å²) < 4.78 is 294. The lowest BCUT2D eigenvalue weighted by molar-refractivity contribution is 0.378. The molecule has 7 aromatic carbocycles. The van der Waals surface area contributed by atoms with Crippen molar-refractivity contribution in [1.29, 1.82) is 0 Å². The van der Waals surface area contributed by atoms with Crippen molar-refractivity contribution >= 4 is 40.6 Å². The maximum Gasteiger partial charge on any atom is 0.200 e. The van der Waals surface area contributed by atoms with Gasteiger partial charge in [0.25, 0.3) is 0 Å². The Kier molecular flexibility index (Phi) is 12.9. The summed E-state index contributed by atoms with van der Waals surface area (Å²) in [4.78, 5) is 1.10. The second kappa shape index (κ2) is 17.6. The fourth-order valence-corrected chi connectivity index (χ4v) is 7.29. The largest absolute Gasteiger partial charge is 0.207 e. The summed E-state index contributed by atoms with van der Waals surface area (Å²) >= 11 is 3.53. The molecule has 0 radical (unpaired) electrons. The Morgan fingerprint density at radius 2 is 0.438 bits per heavy atom. The van der Waals surface area contributed by atoms with Crippen molar-refractivity contribution in [2.45, 2.75) is 4.90 Å². The normalized spacial score (nSPS) is 11.5. The highest BCUT2D eigenvalue weighted by atomic mass is 32.1. The lowest BCUT2D eigenvalue weighted by Crippen LogP contribution is -2.81. The lowest BCUT2D eigenvalue weighted by Gasteiger charge is -2.44. The van der Waals surface area contributed by atoms with E-state index in [2.05, 4.69) is 85.4 Å². The molecule has 0 amide bonds. The maximum atomic E-state index is 15.4. The Morgan fingerprint density at radius 3 is 0.688 bits per heavy atom. The third-order valence-electron chi connectivity index (χ3n) is 9.91. The average Bonchev–Trinajstić information content (AvgIpc) is 3.29. The summed E-state index contributed by atoms with van der Waals surface area (Å²) in [6.07, 6.45) is -7.22. The van der Waals surface area contributed by atoms with E-state index in [1.54, 1.807) is 0 Å². The number of hydrogen-bond donors (Lipinski definition) is 0. The Morgan fingerprint density at radius 1 is 0.234 bits per heavy atom. The van der Waals surface area contributed by atoms with Gasteiger partial charge in [0.15, 0.2) is 69.8 Å². The van der Waals surface area contributed by atoms with Crippen LogP contribution in [0.3, 0.4) is 0 Å². The summed E-state index contributed by atoms with van der Waals surface area (Å²) in [5.74, 6) is -71.4. The minimum atomic E-state index is -7.22. The van der Waals surface area contributed by atoms with Gasteiger partial charge in [-0.05, 0) is 59.1 Å². The molecule has 0 bridgehead atoms. The Bertz CT molecular complexity index is 2610. The van der Waals surface area contributed by atoms with Gasteiger partial charge in [0.1, 0.15) is 57.6 Å². The van der Waals surface area contributed by atoms with Gasteiger partial charge in [0, 0.05) is 0 Å². The molecule has 0 nitrogen and oxygen atoms in total. The smallest absolute Gasteiger partial charge is 0.200 e. The molecule has 0 unspecified atom stereocenters. The van der Waals surface area contributed by atoms with Gasteiger partial charge in [-0.25, -0.2) is 87.8 Å². The Hall–Kier alpha value is -6.45. The quantitative estimate of drug-likeness (QED) is 0.0513. The van der Waals surface area contributed by atoms with Gasteiger partial charge in [-0.15, -0.1) is 21.9 Å². The Balaban J connectivity index is 0.000000295. The lowest BCUT2D eigenvalue weighted by atomic mass is 9.12. The summed E-state index contributed by atoms with van der Waals surface area (Å²) in [6.45, 7) is 0. The molecule has 64 heavy (non-hydrogen) atoms. The van der Waals surface area contributed by atoms with E-state index in [0.29, 0.717) is 0 Å². The fraction of sp³-hybridized carbons (Fsp3) is 0. The van der Waals surface area contributed by atoms with Crippen LogP contribution in [0, 0.1) is 116 Å². The zero-order valence-corrected chi connectivity index (χ0v) is 31.6. The summed E-state index contributed by atoms with van der Waals surface area (Å²) in [6, 6.07) is 27.5. The highest BCUT2D eigenvalue weighted by molar-refractivity contribution is 7.58. The van der Waals surface area contributed by atoms with Crippen molar-refractivity contribution < 1.29 is 87.8 Å². The molecule has 0 saturated carbocycles. The van der Waals surface area contributed by atoms with Crippen molar-refractivity contribution in [3.8, 4) is 22.3 Å². The van der Waals surface area contributed by atoms with Crippen LogP contribution in [0.2, 0.25) is 0 Å². The molecule has 22 heteroatoms. The average molecular weight is 942 g/mol. The molecule has 0 aliphatic carbocycles. The zero-order chi connectivity index (χ0) is 47.4. The molecule has 0 heterocycles. The van der Waals surface area contributed by atoms with E-state index in [9.17, 15) is 52.7 Å². The van der Waals surface area contributed by atoms with Gasteiger partial charge in [0.2, 0.25) is 0 Å². The molecule has 0 atom stereocenters. The van der Waals surface area contributed by atoms with Crippen molar-refractivity contribution in [2.75, 3.05) is 0 Å². The highest BCUT2D eigenvalue weighted by Gasteiger charge is 2.52. The van der Waals surface area contributed by atoms with Gasteiger partial charge in [-0.3, -0.25) is 0 Å². The van der Waals surface area contributed by atoms with Gasteiger partial charge >= 0.3 is 0 Å². The van der Waals surface area contributed by atoms with E-state index in [1.165, 1.54) is 22.3 Å². The van der Waals surface area contributed by atoms with Crippen LogP contribution in [0.5, 0.6) is 0 Å². The summed E-state index contributed by atoms with van der Waals surface area (Å²) in [7, 11) is 0. The van der Waals surface area contributed by atoms with Gasteiger partial charge < -0.3 is 0 Å². The van der Waals surface area contributed by atoms with Crippen molar-refractivity contribution in [3.05, 3.63) is 195 Å². The van der Waals surface area contributed by atoms with Crippen LogP contribution in [-0.4, -0.2) is 6.15 Å². The van der Waals surface area contributed by atoms with Crippen LogP contribution in [0.15, 0.2) is 83.8 Å². The predicted octanol–water partition coefficient (Wildman–Crippen LogP) is 10.2. The number of halogens is 20. The standard InChI is InChI=1S/C24BF20.C18H14S/c26-5-1(6(27)14(35)21(42)13(5)34)25(2-7(28)15(36)22(43)16(37)8(2)29,3-9(30)17(38)23(44)18(39)10(3)31)4-11(32)19(40)24(45)20(41)12(4)33;19-16-12-10-15(11-13-16)18-9-5-4-8-17(18)14-6-2-1-3-7-14/h;1-13,19H/q-1;/p+1. The molecule has 0 spiro atoms. The molecule has 0 aliphatic heterocycles. The first-order valence-corrected chi connectivity index (χ1v) is 17.7. The summed E-state index contributed by atoms with van der Waals surface area (Å²) in [5.41, 5.74) is -9.31. The molecule has 7 aromatic rings. The molecule has 332 valence electrons. The van der Waals surface area contributed by atoms with Crippen molar-refractivity contribution in [2.24, 2.45) is 0 Å². The minimum Gasteiger partial charge on any atom is -0.207 e. The first kappa shape index (κ1) is 47.0. The molecule has 0 saturated heterocycles. The molecule has 0 fully saturated rings. The van der Waals surface area contributed by atoms with Crippen LogP contribution < -0.4 is 21.9 Å². The van der Waals surface area contributed by atoms with Crippen LogP contribution in [0.25, 0.3) is 22.3 Å². The number of hydrogen-bond acceptors (Lipinski definition) is 0. The van der Waals surface area contributed by atoms with E-state index in [-0.39, 0.29) is 0 Å². The van der Waals surface area contributed by atoms with E-state index in [0.717, 1.165) is 4.90 Å². The molecular formula is C42H15BF20S. The first-order chi connectivity index (χ1) is 30.0. The second-order valence-corrected chi connectivity index (χ2v) is 13.9. The Labute approximate surface area is 350 Å². The minimum absolute atomic E-state index is 1.10. The fourth-order valence-electron chi connectivity index (χ4n) is 7.13. The number of benzene rings is 7. The molecular weight excluding hydrogens is 927 g/mol. The van der Waals surface area contributed by atoms with E-state index >= 15 is 35.1 Å². The molecule has 0 aromatic heterocycles. The van der Waals surface area contributed by atoms with Crippen LogP contribution in [-0.2, 0) is 12.6 Å². The maximum absolute atomic E-state index is 15.4. The molecule has 0 N–H and O–H groups in total. The van der Waals surface area contributed by atoms with Crippen molar-refractivity contribution in [3.63, 3.8) is 0 Å². The van der Waals surface area contributed by atoms with Crippen LogP contribution in [0.1, 0.15) is 0 Å². The second-order valence-electron chi connectivity index (χ2n) is 13.3. The predicted molar refractivity (Wildman–Crippen MR) is 195 cm³/mol. The van der Waals surface area contributed by atoms with E-state index < -0.39 is 144 Å². The SMILES string of the molecule is Fc1c(F)c(F)c([B-](c2c(F)c(F)c(F)c(F)c2F)(c2c(F)c(F)c(F)c(F)c2F)c2c(F)c(F)c(F)c(F)c2F)c(F)c1F.[SH2+]c1ccc(-c2ccccc2-c2ccccc2)cc1. The third kappa shape index (κ3) is 7.29. The number of rotatable bonds is 6. The summed E-state index contributed by atoms with van der Waals surface area (Å²) in [5, 5.41) is 0. The van der Waals surface area contributed by atoms with Crippen LogP contribution in [0.4, 0.5) is 87.8 Å². The first-order valence-electron chi connectivity index (χ1n) is 17.2. The van der Waals surface area contributed by atoms with Crippen LogP contribution >= 0.6 is 0 Å². The van der Waals surface area contributed by atoms with Gasteiger partial charge in [-0.2, -0.15) is 0 Å². The van der Waals surface area contributed by atoms with Crippen molar-refractivity contribution in [1.82, 2.24) is 0 Å². The van der Waals surface area contributed by atoms with Gasteiger partial charge in [0.05, 0.1) is 0 Å². The monoisotopic (exact) mass is 942 g/mol. The molecule has 0 aliphatic rings. The van der Waals surface area contributed by atoms with E-state index in [1.807, 2.05) is 6.07 Å². The topological polar surface area (TPSA) is 0 Å².